The van der Waals surface area contributed by atoms with E-state index < -0.39 is 0 Å². The van der Waals surface area contributed by atoms with E-state index in [1.807, 2.05) is 31.2 Å². The molecule has 0 fully saturated rings. The molecule has 1 atom stereocenters. The third-order valence-corrected chi connectivity index (χ3v) is 4.10. The summed E-state index contributed by atoms with van der Waals surface area (Å²) in [7, 11) is 0. The molecule has 110 valence electrons. The van der Waals surface area contributed by atoms with Crippen molar-refractivity contribution in [3.8, 4) is 11.5 Å². The number of rotatable bonds is 4. The van der Waals surface area contributed by atoms with E-state index in [1.165, 1.54) is 11.1 Å². The average Bonchev–Trinajstić information content (AvgIpc) is 2.87. The molecular formula is C18H19ClO2. The second-order valence-corrected chi connectivity index (χ2v) is 5.83. The summed E-state index contributed by atoms with van der Waals surface area (Å²) in [6.45, 7) is 4.69. The molecule has 3 heteroatoms. The summed E-state index contributed by atoms with van der Waals surface area (Å²) in [5.41, 5.74) is 4.68. The summed E-state index contributed by atoms with van der Waals surface area (Å²) < 4.78 is 11.9. The molecule has 1 heterocycles. The van der Waals surface area contributed by atoms with E-state index in [4.69, 9.17) is 21.1 Å². The van der Waals surface area contributed by atoms with Crippen molar-refractivity contribution >= 4 is 11.6 Å². The van der Waals surface area contributed by atoms with Gasteiger partial charge in [0.25, 0.3) is 0 Å². The molecule has 1 aliphatic rings. The monoisotopic (exact) mass is 302 g/mol. The topological polar surface area (TPSA) is 18.5 Å². The van der Waals surface area contributed by atoms with Gasteiger partial charge in [-0.25, -0.2) is 0 Å². The van der Waals surface area contributed by atoms with Crippen molar-refractivity contribution < 1.29 is 9.47 Å². The van der Waals surface area contributed by atoms with Crippen LogP contribution < -0.4 is 9.47 Å². The molecule has 0 spiro atoms. The zero-order valence-electron chi connectivity index (χ0n) is 12.4. The Morgan fingerprint density at radius 3 is 2.90 bits per heavy atom. The predicted molar refractivity (Wildman–Crippen MR) is 85.5 cm³/mol. The minimum Gasteiger partial charge on any atom is -0.489 e. The number of fused-ring (bicyclic) bond motifs is 1. The van der Waals surface area contributed by atoms with Crippen LogP contribution in [0.25, 0.3) is 0 Å². The zero-order valence-corrected chi connectivity index (χ0v) is 13.1. The maximum atomic E-state index is 5.99. The summed E-state index contributed by atoms with van der Waals surface area (Å²) in [4.78, 5) is 0. The van der Waals surface area contributed by atoms with Crippen LogP contribution in [0.3, 0.4) is 0 Å². The highest BCUT2D eigenvalue weighted by Gasteiger charge is 2.23. The standard InChI is InChI=1S/C18H19ClO2/c1-12-6-7-17-15(8-12)9-16(21-17)11-20-18-13(2)4-3-5-14(18)10-19/h3-8,16H,9-11H2,1-2H3. The zero-order chi connectivity index (χ0) is 14.8. The van der Waals surface area contributed by atoms with Crippen LogP contribution in [0.4, 0.5) is 0 Å². The number of hydrogen-bond acceptors (Lipinski definition) is 2. The molecule has 2 aromatic carbocycles. The van der Waals surface area contributed by atoms with Gasteiger partial charge in [-0.1, -0.05) is 35.9 Å². The Bertz CT molecular complexity index is 652. The fourth-order valence-corrected chi connectivity index (χ4v) is 2.95. The smallest absolute Gasteiger partial charge is 0.137 e. The first kappa shape index (κ1) is 14.3. The molecule has 0 aliphatic carbocycles. The first-order valence-electron chi connectivity index (χ1n) is 7.21. The van der Waals surface area contributed by atoms with Crippen LogP contribution >= 0.6 is 11.6 Å². The lowest BCUT2D eigenvalue weighted by Crippen LogP contribution is -2.23. The molecule has 0 N–H and O–H groups in total. The van der Waals surface area contributed by atoms with Crippen molar-refractivity contribution in [3.05, 3.63) is 58.7 Å². The van der Waals surface area contributed by atoms with Crippen LogP contribution in [0.5, 0.6) is 11.5 Å². The largest absolute Gasteiger partial charge is 0.489 e. The molecule has 21 heavy (non-hydrogen) atoms. The normalized spacial score (nSPS) is 16.4. The molecule has 3 rings (SSSR count). The van der Waals surface area contributed by atoms with Crippen molar-refractivity contribution in [2.24, 2.45) is 0 Å². The highest BCUT2D eigenvalue weighted by molar-refractivity contribution is 6.17. The van der Waals surface area contributed by atoms with E-state index in [9.17, 15) is 0 Å². The summed E-state index contributed by atoms with van der Waals surface area (Å²) in [5, 5.41) is 0. The van der Waals surface area contributed by atoms with Gasteiger partial charge in [0.15, 0.2) is 0 Å². The van der Waals surface area contributed by atoms with Crippen molar-refractivity contribution in [1.29, 1.82) is 0 Å². The summed E-state index contributed by atoms with van der Waals surface area (Å²) in [6, 6.07) is 12.4. The average molecular weight is 303 g/mol. The lowest BCUT2D eigenvalue weighted by atomic mass is 10.1. The molecule has 0 saturated heterocycles. The quantitative estimate of drug-likeness (QED) is 0.778. The van der Waals surface area contributed by atoms with E-state index in [2.05, 4.69) is 19.1 Å². The summed E-state index contributed by atoms with van der Waals surface area (Å²) >= 11 is 5.98. The van der Waals surface area contributed by atoms with Gasteiger partial charge in [0, 0.05) is 12.0 Å². The molecule has 1 unspecified atom stereocenters. The predicted octanol–water partition coefficient (Wildman–Crippen LogP) is 4.42. The first-order chi connectivity index (χ1) is 10.2. The second kappa shape index (κ2) is 5.98. The van der Waals surface area contributed by atoms with Gasteiger partial charge in [-0.05, 0) is 31.0 Å². The van der Waals surface area contributed by atoms with Gasteiger partial charge < -0.3 is 9.47 Å². The summed E-state index contributed by atoms with van der Waals surface area (Å²) in [6.07, 6.45) is 0.976. The van der Waals surface area contributed by atoms with Crippen LogP contribution in [-0.4, -0.2) is 12.7 Å². The van der Waals surface area contributed by atoms with Crippen LogP contribution in [-0.2, 0) is 12.3 Å². The molecule has 0 bridgehead atoms. The molecule has 0 saturated carbocycles. The Kier molecular flexibility index (Phi) is 4.07. The summed E-state index contributed by atoms with van der Waals surface area (Å²) in [5.74, 6) is 2.34. The highest BCUT2D eigenvalue weighted by atomic mass is 35.5. The number of halogens is 1. The van der Waals surface area contributed by atoms with Gasteiger partial charge >= 0.3 is 0 Å². The fourth-order valence-electron chi connectivity index (χ4n) is 2.74. The fraction of sp³-hybridized carbons (Fsp3) is 0.333. The molecule has 2 nitrogen and oxygen atoms in total. The third kappa shape index (κ3) is 3.01. The van der Waals surface area contributed by atoms with E-state index in [1.54, 1.807) is 0 Å². The van der Waals surface area contributed by atoms with Gasteiger partial charge in [0.05, 0.1) is 5.88 Å². The number of benzene rings is 2. The van der Waals surface area contributed by atoms with Crippen LogP contribution in [0.1, 0.15) is 22.3 Å². The van der Waals surface area contributed by atoms with Crippen molar-refractivity contribution in [3.63, 3.8) is 0 Å². The molecular weight excluding hydrogens is 284 g/mol. The maximum absolute atomic E-state index is 5.99. The SMILES string of the molecule is Cc1ccc2c(c1)CC(COc1c(C)cccc1CCl)O2. The van der Waals surface area contributed by atoms with Crippen LogP contribution in [0, 0.1) is 13.8 Å². The second-order valence-electron chi connectivity index (χ2n) is 5.56. The minimum absolute atomic E-state index is 0.0737. The Morgan fingerprint density at radius 2 is 2.10 bits per heavy atom. The first-order valence-corrected chi connectivity index (χ1v) is 7.74. The van der Waals surface area contributed by atoms with Gasteiger partial charge in [-0.3, -0.25) is 0 Å². The Hall–Kier alpha value is -1.67. The van der Waals surface area contributed by atoms with Crippen LogP contribution in [0.2, 0.25) is 0 Å². The maximum Gasteiger partial charge on any atom is 0.137 e. The molecule has 0 aromatic heterocycles. The lowest BCUT2D eigenvalue weighted by Gasteiger charge is -2.16. The van der Waals surface area contributed by atoms with Crippen molar-refractivity contribution in [1.82, 2.24) is 0 Å². The Labute approximate surface area is 130 Å². The van der Waals surface area contributed by atoms with Gasteiger partial charge in [0.1, 0.15) is 24.2 Å². The molecule has 2 aromatic rings. The van der Waals surface area contributed by atoms with Gasteiger partial charge in [0.2, 0.25) is 0 Å². The number of ether oxygens (including phenoxy) is 2. The Balaban J connectivity index is 1.68. The number of aryl methyl sites for hydroxylation is 2. The van der Waals surface area contributed by atoms with E-state index in [0.717, 1.165) is 29.0 Å². The molecule has 0 radical (unpaired) electrons. The lowest BCUT2D eigenvalue weighted by molar-refractivity contribution is 0.147. The number of alkyl halides is 1. The number of hydrogen-bond donors (Lipinski definition) is 0. The van der Waals surface area contributed by atoms with E-state index in [0.29, 0.717) is 12.5 Å². The molecule has 1 aliphatic heterocycles. The van der Waals surface area contributed by atoms with Crippen molar-refractivity contribution in [2.45, 2.75) is 32.3 Å². The van der Waals surface area contributed by atoms with Gasteiger partial charge in [-0.2, -0.15) is 0 Å². The van der Waals surface area contributed by atoms with E-state index >= 15 is 0 Å². The third-order valence-electron chi connectivity index (χ3n) is 3.81. The number of para-hydroxylation sites is 1. The van der Waals surface area contributed by atoms with E-state index in [-0.39, 0.29) is 6.10 Å². The van der Waals surface area contributed by atoms with Crippen LogP contribution in [0.15, 0.2) is 36.4 Å². The highest BCUT2D eigenvalue weighted by Crippen LogP contribution is 2.31. The van der Waals surface area contributed by atoms with Crippen molar-refractivity contribution in [2.75, 3.05) is 6.61 Å². The molecule has 0 amide bonds. The Morgan fingerprint density at radius 1 is 1.24 bits per heavy atom. The van der Waals surface area contributed by atoms with Gasteiger partial charge in [-0.15, -0.1) is 11.6 Å². The minimum atomic E-state index is 0.0737.